The van der Waals surface area contributed by atoms with Gasteiger partial charge in [0.15, 0.2) is 0 Å². The van der Waals surface area contributed by atoms with Crippen molar-refractivity contribution in [2.24, 2.45) is 7.05 Å². The van der Waals surface area contributed by atoms with E-state index < -0.39 is 6.10 Å². The lowest BCUT2D eigenvalue weighted by Gasteiger charge is -2.09. The smallest absolute Gasteiger partial charge is 0.220 e. The first-order chi connectivity index (χ1) is 9.58. The van der Waals surface area contributed by atoms with Crippen LogP contribution in [0.5, 0.6) is 0 Å². The van der Waals surface area contributed by atoms with Crippen LogP contribution in [0.15, 0.2) is 29.0 Å². The highest BCUT2D eigenvalue weighted by atomic mass is 16.4. The fraction of sp³-hybridized carbons (Fsp3) is 0.429. The third-order valence-electron chi connectivity index (χ3n) is 3.32. The second kappa shape index (κ2) is 6.38. The number of nitrogens with one attached hydrogen (secondary N) is 1. The minimum Gasteiger partial charge on any atom is -0.467 e. The molecule has 0 aliphatic rings. The van der Waals surface area contributed by atoms with Gasteiger partial charge in [0, 0.05) is 19.2 Å². The zero-order chi connectivity index (χ0) is 14.5. The topological polar surface area (TPSA) is 80.3 Å². The lowest BCUT2D eigenvalue weighted by atomic mass is 10.1. The third kappa shape index (κ3) is 3.48. The Hall–Kier alpha value is -2.08. The molecule has 6 nitrogen and oxygen atoms in total. The van der Waals surface area contributed by atoms with Crippen molar-refractivity contribution in [1.82, 2.24) is 15.1 Å². The van der Waals surface area contributed by atoms with Crippen LogP contribution < -0.4 is 5.32 Å². The molecule has 20 heavy (non-hydrogen) atoms. The lowest BCUT2D eigenvalue weighted by molar-refractivity contribution is -0.121. The van der Waals surface area contributed by atoms with Crippen LogP contribution in [0.25, 0.3) is 0 Å². The van der Waals surface area contributed by atoms with Gasteiger partial charge in [0.05, 0.1) is 19.0 Å². The van der Waals surface area contributed by atoms with Gasteiger partial charge >= 0.3 is 0 Å². The largest absolute Gasteiger partial charge is 0.467 e. The maximum absolute atomic E-state index is 11.7. The van der Waals surface area contributed by atoms with Crippen molar-refractivity contribution in [3.8, 4) is 0 Å². The van der Waals surface area contributed by atoms with E-state index in [0.29, 0.717) is 18.6 Å². The zero-order valence-electron chi connectivity index (χ0n) is 11.7. The van der Waals surface area contributed by atoms with Gasteiger partial charge in [0.1, 0.15) is 11.9 Å². The first-order valence-electron chi connectivity index (χ1n) is 6.53. The fourth-order valence-corrected chi connectivity index (χ4v) is 1.92. The van der Waals surface area contributed by atoms with Gasteiger partial charge in [-0.25, -0.2) is 0 Å². The van der Waals surface area contributed by atoms with Crippen LogP contribution in [0.4, 0.5) is 0 Å². The number of aliphatic hydroxyl groups excluding tert-OH is 1. The average molecular weight is 277 g/mol. The van der Waals surface area contributed by atoms with Gasteiger partial charge in [0.25, 0.3) is 0 Å². The number of nitrogens with zero attached hydrogens (tertiary/aromatic N) is 2. The summed E-state index contributed by atoms with van der Waals surface area (Å²) >= 11 is 0. The van der Waals surface area contributed by atoms with Crippen molar-refractivity contribution in [1.29, 1.82) is 0 Å². The Morgan fingerprint density at radius 3 is 3.00 bits per heavy atom. The summed E-state index contributed by atoms with van der Waals surface area (Å²) in [5.74, 6) is 0.354. The molecule has 1 atom stereocenters. The number of carbonyl (C=O) groups excluding carboxylic acids is 1. The molecule has 2 N–H and O–H groups in total. The molecule has 0 fully saturated rings. The molecule has 2 aromatic rings. The van der Waals surface area contributed by atoms with E-state index in [9.17, 15) is 9.90 Å². The van der Waals surface area contributed by atoms with E-state index in [4.69, 9.17) is 4.42 Å². The second-order valence-electron chi connectivity index (χ2n) is 4.71. The minimum absolute atomic E-state index is 0.0983. The first-order valence-corrected chi connectivity index (χ1v) is 6.53. The van der Waals surface area contributed by atoms with E-state index in [0.717, 1.165) is 11.3 Å². The molecule has 0 aromatic carbocycles. The molecule has 2 heterocycles. The van der Waals surface area contributed by atoms with Crippen molar-refractivity contribution < 1.29 is 14.3 Å². The normalized spacial score (nSPS) is 12.3. The fourth-order valence-electron chi connectivity index (χ4n) is 1.92. The van der Waals surface area contributed by atoms with E-state index in [2.05, 4.69) is 10.4 Å². The van der Waals surface area contributed by atoms with E-state index in [1.165, 1.54) is 6.26 Å². The Morgan fingerprint density at radius 1 is 1.60 bits per heavy atom. The maximum Gasteiger partial charge on any atom is 0.220 e. The van der Waals surface area contributed by atoms with Crippen LogP contribution in [-0.2, 0) is 18.3 Å². The molecule has 0 saturated heterocycles. The molecule has 6 heteroatoms. The molecule has 108 valence electrons. The van der Waals surface area contributed by atoms with Crippen molar-refractivity contribution in [2.75, 3.05) is 6.54 Å². The summed E-state index contributed by atoms with van der Waals surface area (Å²) in [6.45, 7) is 2.12. The van der Waals surface area contributed by atoms with Crippen LogP contribution in [-0.4, -0.2) is 27.3 Å². The molecule has 2 aromatic heterocycles. The van der Waals surface area contributed by atoms with E-state index in [1.54, 1.807) is 23.0 Å². The summed E-state index contributed by atoms with van der Waals surface area (Å²) in [7, 11) is 1.87. The number of carbonyl (C=O) groups is 1. The van der Waals surface area contributed by atoms with E-state index >= 15 is 0 Å². The molecular weight excluding hydrogens is 258 g/mol. The molecule has 0 spiro atoms. The molecule has 0 aliphatic heterocycles. The molecule has 0 radical (unpaired) electrons. The number of aromatic nitrogens is 2. The standard InChI is InChI=1S/C14H19N3O3/c1-10-11(8-16-17(10)2)5-6-14(19)15-9-12(18)13-4-3-7-20-13/h3-4,7-8,12,18H,5-6,9H2,1-2H3,(H,15,19). The number of furan rings is 1. The summed E-state index contributed by atoms with van der Waals surface area (Å²) in [4.78, 5) is 11.7. The van der Waals surface area contributed by atoms with Crippen molar-refractivity contribution in [3.05, 3.63) is 41.6 Å². The summed E-state index contributed by atoms with van der Waals surface area (Å²) < 4.78 is 6.85. The number of amides is 1. The van der Waals surface area contributed by atoms with Crippen LogP contribution in [0.1, 0.15) is 29.5 Å². The summed E-state index contributed by atoms with van der Waals surface area (Å²) in [5.41, 5.74) is 2.13. The van der Waals surface area contributed by atoms with Crippen molar-refractivity contribution >= 4 is 5.91 Å². The van der Waals surface area contributed by atoms with Crippen molar-refractivity contribution in [2.45, 2.75) is 25.9 Å². The SMILES string of the molecule is Cc1c(CCC(=O)NCC(O)c2ccco2)cnn1C. The van der Waals surface area contributed by atoms with Gasteiger partial charge < -0.3 is 14.8 Å². The van der Waals surface area contributed by atoms with Crippen LogP contribution in [0.3, 0.4) is 0 Å². The van der Waals surface area contributed by atoms with E-state index in [-0.39, 0.29) is 12.5 Å². The molecule has 0 aliphatic carbocycles. The monoisotopic (exact) mass is 277 g/mol. The van der Waals surface area contributed by atoms with Crippen LogP contribution in [0.2, 0.25) is 0 Å². The van der Waals surface area contributed by atoms with Gasteiger partial charge in [-0.2, -0.15) is 5.10 Å². The minimum atomic E-state index is -0.811. The molecule has 1 unspecified atom stereocenters. The number of rotatable bonds is 6. The molecule has 2 rings (SSSR count). The molecule has 1 amide bonds. The number of hydrogen-bond donors (Lipinski definition) is 2. The second-order valence-corrected chi connectivity index (χ2v) is 4.71. The first kappa shape index (κ1) is 14.3. The van der Waals surface area contributed by atoms with Gasteiger partial charge in [0.2, 0.25) is 5.91 Å². The average Bonchev–Trinajstić information content (AvgIpc) is 3.06. The quantitative estimate of drug-likeness (QED) is 0.828. The van der Waals surface area contributed by atoms with Gasteiger partial charge in [-0.1, -0.05) is 0 Å². The maximum atomic E-state index is 11.7. The summed E-state index contributed by atoms with van der Waals surface area (Å²) in [6.07, 6.45) is 3.47. The number of aliphatic hydroxyl groups is 1. The zero-order valence-corrected chi connectivity index (χ0v) is 11.7. The van der Waals surface area contributed by atoms with Gasteiger partial charge in [-0.3, -0.25) is 9.48 Å². The number of hydrogen-bond acceptors (Lipinski definition) is 4. The lowest BCUT2D eigenvalue weighted by Crippen LogP contribution is -2.28. The summed E-state index contributed by atoms with van der Waals surface area (Å²) in [5, 5.41) is 16.6. The number of aryl methyl sites for hydroxylation is 2. The predicted octanol–water partition coefficient (Wildman–Crippen LogP) is 1.10. The van der Waals surface area contributed by atoms with E-state index in [1.807, 2.05) is 14.0 Å². The Balaban J connectivity index is 1.74. The highest BCUT2D eigenvalue weighted by Gasteiger charge is 2.12. The van der Waals surface area contributed by atoms with Crippen LogP contribution >= 0.6 is 0 Å². The van der Waals surface area contributed by atoms with Gasteiger partial charge in [-0.15, -0.1) is 0 Å². The highest BCUT2D eigenvalue weighted by molar-refractivity contribution is 5.76. The predicted molar refractivity (Wildman–Crippen MR) is 72.9 cm³/mol. The van der Waals surface area contributed by atoms with Crippen LogP contribution in [0, 0.1) is 6.92 Å². The molecule has 0 bridgehead atoms. The molecule has 0 saturated carbocycles. The molecular formula is C14H19N3O3. The Labute approximate surface area is 117 Å². The Bertz CT molecular complexity index is 560. The highest BCUT2D eigenvalue weighted by Crippen LogP contribution is 2.12. The summed E-state index contributed by atoms with van der Waals surface area (Å²) in [6, 6.07) is 3.38. The van der Waals surface area contributed by atoms with Crippen molar-refractivity contribution in [3.63, 3.8) is 0 Å². The Kier molecular flexibility index (Phi) is 4.57. The van der Waals surface area contributed by atoms with Gasteiger partial charge in [-0.05, 0) is 31.0 Å². The Morgan fingerprint density at radius 2 is 2.40 bits per heavy atom. The third-order valence-corrected chi connectivity index (χ3v) is 3.32.